The number of amides is 5. The number of imide groups is 2. The van der Waals surface area contributed by atoms with E-state index < -0.39 is 52.9 Å². The van der Waals surface area contributed by atoms with Crippen LogP contribution in [0, 0.1) is 53.1 Å². The van der Waals surface area contributed by atoms with E-state index in [1.807, 2.05) is 0 Å². The van der Waals surface area contributed by atoms with Gasteiger partial charge in [0.25, 0.3) is 11.8 Å². The average Bonchev–Trinajstić information content (AvgIpc) is 3.64. The smallest absolute Gasteiger partial charge is 0.409 e. The maximum atomic E-state index is 17.5. The van der Waals surface area contributed by atoms with Crippen molar-refractivity contribution in [3.05, 3.63) is 89.1 Å². The first kappa shape index (κ1) is 47.0. The van der Waals surface area contributed by atoms with Crippen LogP contribution in [0.3, 0.4) is 0 Å². The van der Waals surface area contributed by atoms with Crippen LogP contribution in [-0.4, -0.2) is 135 Å². The van der Waals surface area contributed by atoms with Gasteiger partial charge in [-0.25, -0.2) is 13.6 Å². The Hall–Kier alpha value is -7.72. The Morgan fingerprint density at radius 2 is 1.88 bits per heavy atom. The van der Waals surface area contributed by atoms with E-state index in [9.17, 15) is 29.1 Å². The van der Waals surface area contributed by atoms with Gasteiger partial charge in [-0.3, -0.25) is 39.3 Å². The fourth-order valence-corrected chi connectivity index (χ4v) is 14.4. The minimum absolute atomic E-state index is 0.00118. The summed E-state index contributed by atoms with van der Waals surface area (Å²) in [6, 6.07) is 8.98. The molecule has 5 aromatic rings. The molecule has 0 radical (unpaired) electrons. The number of nitrogens with one attached hydrogen (secondary N) is 2. The van der Waals surface area contributed by atoms with E-state index in [0.717, 1.165) is 35.4 Å². The molecule has 3 aromatic carbocycles. The van der Waals surface area contributed by atoms with Crippen LogP contribution in [0.1, 0.15) is 77.6 Å². The Kier molecular flexibility index (Phi) is 10.8. The number of terminal acetylenes is 1. The highest BCUT2D eigenvalue weighted by atomic mass is 19.1. The minimum Gasteiger partial charge on any atom is -0.508 e. The van der Waals surface area contributed by atoms with Gasteiger partial charge in [-0.05, 0) is 116 Å². The van der Waals surface area contributed by atoms with Crippen molar-refractivity contribution in [3.63, 3.8) is 0 Å². The van der Waals surface area contributed by atoms with Gasteiger partial charge < -0.3 is 29.7 Å². The summed E-state index contributed by atoms with van der Waals surface area (Å²) in [5.41, 5.74) is 1.74. The number of aromatic nitrogens is 3. The van der Waals surface area contributed by atoms with Crippen LogP contribution in [0.25, 0.3) is 32.9 Å². The van der Waals surface area contributed by atoms with Crippen molar-refractivity contribution in [2.24, 2.45) is 29.1 Å². The average molecular weight is 1020 g/mol. The number of piperidine rings is 1. The number of rotatable bonds is 12. The molecule has 9 aliphatic rings. The Bertz CT molecular complexity index is 3430. The van der Waals surface area contributed by atoms with Gasteiger partial charge in [0.2, 0.25) is 11.8 Å². The van der Waals surface area contributed by atoms with E-state index in [0.29, 0.717) is 71.9 Å². The monoisotopic (exact) mass is 1020 g/mol. The molecule has 75 heavy (non-hydrogen) atoms. The van der Waals surface area contributed by atoms with Crippen LogP contribution < -0.4 is 20.3 Å². The topological polar surface area (TPSA) is 200 Å². The number of carbonyl (C=O) groups is 5. The predicted octanol–water partition coefficient (Wildman–Crippen LogP) is 6.42. The zero-order valence-corrected chi connectivity index (χ0v) is 41.2. The number of aromatic hydroxyl groups is 1. The van der Waals surface area contributed by atoms with E-state index in [4.69, 9.17) is 25.9 Å². The number of benzene rings is 3. The van der Waals surface area contributed by atoms with Gasteiger partial charge in [0.05, 0.1) is 27.6 Å². The second kappa shape index (κ2) is 17.2. The van der Waals surface area contributed by atoms with Crippen molar-refractivity contribution in [2.45, 2.75) is 69.0 Å². The number of carbonyl (C=O) groups excluding carboxylic acids is 5. The van der Waals surface area contributed by atoms with Crippen molar-refractivity contribution in [3.8, 4) is 35.4 Å². The molecule has 19 heteroatoms. The molecule has 8 fully saturated rings. The SMILES string of the molecule is C#Cc1c(F)ccc2cc(O)cc(-c3ncc4c(N5CC6CC7(C6)C6CC(C5)C67)nc(OCC56CC[C@@H](COC(=O)N(C)CCNc7ccc8c(c7)C(=O)N(C7CCC(=O)NC7=O)C8=O)N5CC(=C)C6)nc4c3F)c12. The van der Waals surface area contributed by atoms with Gasteiger partial charge in [-0.1, -0.05) is 24.1 Å². The molecule has 3 saturated carbocycles. The number of halogens is 2. The zero-order chi connectivity index (χ0) is 51.8. The van der Waals surface area contributed by atoms with Gasteiger partial charge in [-0.2, -0.15) is 9.97 Å². The fraction of sp³-hybridized carbons (Fsp3) is 0.429. The molecular weight excluding hydrogens is 965 g/mol. The third-order valence-corrected chi connectivity index (χ3v) is 17.8. The Labute approximate surface area is 429 Å². The van der Waals surface area contributed by atoms with Gasteiger partial charge in [-0.15, -0.1) is 6.42 Å². The van der Waals surface area contributed by atoms with Crippen LogP contribution >= 0.6 is 0 Å². The van der Waals surface area contributed by atoms with E-state index in [2.05, 4.69) is 37.9 Å². The summed E-state index contributed by atoms with van der Waals surface area (Å²) in [7, 11) is 1.62. The largest absolute Gasteiger partial charge is 0.508 e. The normalized spacial score (nSPS) is 28.2. The van der Waals surface area contributed by atoms with Crippen LogP contribution in [0.5, 0.6) is 11.8 Å². The molecule has 8 heterocycles. The molecule has 5 saturated heterocycles. The number of hydrogen-bond donors (Lipinski definition) is 3. The van der Waals surface area contributed by atoms with Crippen molar-refractivity contribution >= 4 is 62.9 Å². The fourth-order valence-electron chi connectivity index (χ4n) is 14.4. The summed E-state index contributed by atoms with van der Waals surface area (Å²) >= 11 is 0. The van der Waals surface area contributed by atoms with E-state index in [1.54, 1.807) is 25.4 Å². The summed E-state index contributed by atoms with van der Waals surface area (Å²) < 4.78 is 45.2. The third kappa shape index (κ3) is 7.41. The van der Waals surface area contributed by atoms with E-state index >= 15 is 8.78 Å². The molecule has 14 rings (SSSR count). The maximum Gasteiger partial charge on any atom is 0.409 e. The highest BCUT2D eigenvalue weighted by Crippen LogP contribution is 2.82. The van der Waals surface area contributed by atoms with Gasteiger partial charge >= 0.3 is 12.1 Å². The number of ether oxygens (including phenoxy) is 2. The lowest BCUT2D eigenvalue weighted by atomic mass is 9.69. The highest BCUT2D eigenvalue weighted by Gasteiger charge is 2.77. The summed E-state index contributed by atoms with van der Waals surface area (Å²) in [5, 5.41) is 17.3. The molecule has 3 aliphatic carbocycles. The summed E-state index contributed by atoms with van der Waals surface area (Å²) in [5.74, 6) is 1.59. The second-order valence-electron chi connectivity index (χ2n) is 22.1. The van der Waals surface area contributed by atoms with Crippen LogP contribution in [0.2, 0.25) is 0 Å². The quantitative estimate of drug-likeness (QED) is 0.0703. The van der Waals surface area contributed by atoms with Crippen molar-refractivity contribution in [1.82, 2.24) is 35.0 Å². The molecule has 5 unspecified atom stereocenters. The van der Waals surface area contributed by atoms with E-state index in [-0.39, 0.29) is 89.3 Å². The number of phenols is 1. The molecular formula is C56H53F2N9O8. The zero-order valence-electron chi connectivity index (χ0n) is 41.2. The first-order chi connectivity index (χ1) is 36.1. The molecule has 2 bridgehead atoms. The van der Waals surface area contributed by atoms with Crippen LogP contribution in [-0.2, 0) is 14.3 Å². The Morgan fingerprint density at radius 3 is 2.69 bits per heavy atom. The van der Waals surface area contributed by atoms with Crippen LogP contribution in [0.4, 0.5) is 25.1 Å². The summed E-state index contributed by atoms with van der Waals surface area (Å²) in [6.07, 6.45) is 12.5. The highest BCUT2D eigenvalue weighted by molar-refractivity contribution is 6.23. The van der Waals surface area contributed by atoms with Crippen molar-refractivity contribution in [1.29, 1.82) is 0 Å². The molecule has 3 N–H and O–H groups in total. The van der Waals surface area contributed by atoms with Crippen molar-refractivity contribution in [2.75, 3.05) is 63.2 Å². The Morgan fingerprint density at radius 1 is 1.05 bits per heavy atom. The standard InChI is InChI=1S/C56H53F2N9O8/c1-4-35-41(57)8-5-30-15-34(68)18-38(44(30)35)47-46(58)48-39(22-60-47)49(65-24-29-20-56(21-29)40-16-31(25-65)45(40)56)63-53(62-48)75-27-55-12-11-33(66(55)23-28(2)19-55)26-74-54(73)64(3)14-13-59-32-6-7-36-37(17-32)52(72)67(51(36)71)42-9-10-43(69)61-50(42)70/h1,5-8,15,17-18,22,29,31,33,40,42,45,59,68H,2,9-14,16,19-21,23-27H2,3H3,(H,61,69,70)/t29?,31?,33-,40?,42?,45?,55?,56?/m0/s1. The second-order valence-corrected chi connectivity index (χ2v) is 22.1. The lowest BCUT2D eigenvalue weighted by molar-refractivity contribution is -0.136. The Balaban J connectivity index is 0.703. The summed E-state index contributed by atoms with van der Waals surface area (Å²) in [6.45, 7) is 7.27. The van der Waals surface area contributed by atoms with E-state index in [1.165, 1.54) is 54.5 Å². The molecule has 2 aromatic heterocycles. The van der Waals surface area contributed by atoms with Crippen molar-refractivity contribution < 1.29 is 47.3 Å². The van der Waals surface area contributed by atoms with Gasteiger partial charge in [0, 0.05) is 75.1 Å². The maximum absolute atomic E-state index is 17.5. The van der Waals surface area contributed by atoms with Crippen LogP contribution in [0.15, 0.2) is 60.8 Å². The van der Waals surface area contributed by atoms with Gasteiger partial charge in [0.1, 0.15) is 47.9 Å². The number of hydrogen-bond acceptors (Lipinski definition) is 14. The molecule has 6 atom stereocenters. The molecule has 384 valence electrons. The lowest BCUT2D eigenvalue weighted by Crippen LogP contribution is -2.54. The number of phenolic OH excluding ortho intramolecular Hbond substituents is 1. The number of fused-ring (bicyclic) bond motifs is 6. The molecule has 17 nitrogen and oxygen atoms in total. The molecule has 5 amide bonds. The van der Waals surface area contributed by atoms with Gasteiger partial charge in [0.15, 0.2) is 5.82 Å². The number of likely N-dealkylation sites (N-methyl/N-ethyl adjacent to an activating group) is 1. The first-order valence-corrected chi connectivity index (χ1v) is 25.7. The number of anilines is 2. The predicted molar refractivity (Wildman–Crippen MR) is 270 cm³/mol. The minimum atomic E-state index is -1.07. The molecule has 1 spiro atoms. The molecule has 6 aliphatic heterocycles. The third-order valence-electron chi connectivity index (χ3n) is 17.8. The number of pyridine rings is 1. The lowest BCUT2D eigenvalue weighted by Gasteiger charge is -2.44. The number of nitrogens with zero attached hydrogens (tertiary/aromatic N) is 7. The first-order valence-electron chi connectivity index (χ1n) is 25.7. The summed E-state index contributed by atoms with van der Waals surface area (Å²) in [4.78, 5) is 85.3.